The van der Waals surface area contributed by atoms with E-state index >= 15 is 0 Å². The number of hydrogen-bond acceptors (Lipinski definition) is 0. The lowest BCUT2D eigenvalue weighted by molar-refractivity contribution is 1.07. The topological polar surface area (TPSA) is 4.93 Å². The molecular formula is C39H25N. The van der Waals surface area contributed by atoms with Crippen molar-refractivity contribution in [3.05, 3.63) is 133 Å². The molecule has 6 aromatic carbocycles. The second-order valence-electron chi connectivity index (χ2n) is 10.9. The van der Waals surface area contributed by atoms with E-state index in [-0.39, 0.29) is 0 Å². The molecule has 1 aromatic heterocycles. The zero-order chi connectivity index (χ0) is 26.5. The largest absolute Gasteiger partial charge is 0.313 e. The van der Waals surface area contributed by atoms with Crippen LogP contribution >= 0.6 is 0 Å². The maximum Gasteiger partial charge on any atom is 0.0544 e. The molecular weight excluding hydrogens is 482 g/mol. The van der Waals surface area contributed by atoms with Crippen molar-refractivity contribution in [3.8, 4) is 61.3 Å². The molecule has 1 heteroatoms. The van der Waals surface area contributed by atoms with Crippen molar-refractivity contribution < 1.29 is 0 Å². The van der Waals surface area contributed by atoms with Gasteiger partial charge in [-0.15, -0.1) is 0 Å². The van der Waals surface area contributed by atoms with E-state index < -0.39 is 0 Å². The second kappa shape index (κ2) is 7.71. The maximum absolute atomic E-state index is 4.22. The normalized spacial score (nSPS) is 12.2. The Bertz CT molecular complexity index is 2210. The van der Waals surface area contributed by atoms with Crippen LogP contribution in [-0.4, -0.2) is 4.57 Å². The van der Waals surface area contributed by atoms with Gasteiger partial charge in [0.05, 0.1) is 11.2 Å². The van der Waals surface area contributed by atoms with Crippen LogP contribution in [0, 0.1) is 6.92 Å². The van der Waals surface area contributed by atoms with Crippen LogP contribution in [0.1, 0.15) is 11.3 Å². The van der Waals surface area contributed by atoms with Crippen molar-refractivity contribution in [2.24, 2.45) is 0 Å². The second-order valence-corrected chi connectivity index (χ2v) is 10.9. The molecule has 7 aromatic rings. The van der Waals surface area contributed by atoms with Gasteiger partial charge in [-0.2, -0.15) is 0 Å². The first kappa shape index (κ1) is 21.8. The summed E-state index contributed by atoms with van der Waals surface area (Å²) in [6, 6.07) is 42.5. The monoisotopic (exact) mass is 507 g/mol. The van der Waals surface area contributed by atoms with Gasteiger partial charge in [-0.1, -0.05) is 116 Å². The van der Waals surface area contributed by atoms with Crippen LogP contribution in [0.4, 0.5) is 0 Å². The third-order valence-electron chi connectivity index (χ3n) is 9.07. The molecule has 0 spiro atoms. The molecule has 0 fully saturated rings. The van der Waals surface area contributed by atoms with Gasteiger partial charge in [-0.25, -0.2) is 0 Å². The highest BCUT2D eigenvalue weighted by Crippen LogP contribution is 2.53. The maximum atomic E-state index is 4.22. The van der Waals surface area contributed by atoms with Gasteiger partial charge in [-0.05, 0) is 80.1 Å². The summed E-state index contributed by atoms with van der Waals surface area (Å²) in [6.07, 6.45) is 2.01. The third-order valence-corrected chi connectivity index (χ3v) is 9.07. The Balaban J connectivity index is 1.46. The quantitative estimate of drug-likeness (QED) is 0.219. The van der Waals surface area contributed by atoms with Gasteiger partial charge in [0.25, 0.3) is 0 Å². The molecule has 40 heavy (non-hydrogen) atoms. The number of nitrogens with zero attached hydrogens (tertiary/aromatic N) is 1. The van der Waals surface area contributed by atoms with Crippen LogP contribution in [-0.2, 0) is 0 Å². The number of rotatable bonds is 2. The van der Waals surface area contributed by atoms with Crippen molar-refractivity contribution in [2.45, 2.75) is 6.92 Å². The van der Waals surface area contributed by atoms with Gasteiger partial charge in [0.2, 0.25) is 0 Å². The Morgan fingerprint density at radius 3 is 1.75 bits per heavy atom. The molecule has 0 saturated heterocycles. The summed E-state index contributed by atoms with van der Waals surface area (Å²) >= 11 is 0. The van der Waals surface area contributed by atoms with E-state index in [9.17, 15) is 0 Å². The van der Waals surface area contributed by atoms with E-state index in [0.29, 0.717) is 0 Å². The molecule has 1 nitrogen and oxygen atoms in total. The highest BCUT2D eigenvalue weighted by Gasteiger charge is 2.29. The summed E-state index contributed by atoms with van der Waals surface area (Å²) in [5, 5.41) is 3.95. The molecule has 0 aliphatic heterocycles. The Labute approximate surface area is 233 Å². The Hall–Kier alpha value is -5.14. The van der Waals surface area contributed by atoms with Gasteiger partial charge in [0.1, 0.15) is 0 Å². The van der Waals surface area contributed by atoms with Crippen LogP contribution in [0.5, 0.6) is 0 Å². The molecule has 0 amide bonds. The van der Waals surface area contributed by atoms with E-state index in [2.05, 4.69) is 133 Å². The first-order valence-electron chi connectivity index (χ1n) is 13.9. The van der Waals surface area contributed by atoms with Gasteiger partial charge in [0, 0.05) is 22.0 Å². The fourth-order valence-corrected chi connectivity index (χ4v) is 7.49. The molecule has 0 bridgehead atoms. The van der Waals surface area contributed by atoms with E-state index in [1.165, 1.54) is 94.3 Å². The van der Waals surface area contributed by atoms with Crippen molar-refractivity contribution >= 4 is 27.8 Å². The average molecular weight is 508 g/mol. The van der Waals surface area contributed by atoms with Gasteiger partial charge >= 0.3 is 0 Å². The summed E-state index contributed by atoms with van der Waals surface area (Å²) in [5.41, 5.74) is 17.9. The molecule has 0 radical (unpaired) electrons. The Morgan fingerprint density at radius 2 is 1.05 bits per heavy atom. The van der Waals surface area contributed by atoms with Crippen LogP contribution in [0.2, 0.25) is 0 Å². The fraction of sp³-hybridized carbons (Fsp3) is 0.0256. The Kier molecular flexibility index (Phi) is 4.19. The standard InChI is InChI=1S/C39H25N/c1-3-24-11-8-16-29-25-12-4-6-14-27(25)31-18-10-20-35-39(31)36(37(24)29)23(2)40(35)34-22-21-32-28-15-7-5-13-26(28)30-17-9-19-33(34)38(30)32/h3-22H,1H2,2H3. The first-order valence-corrected chi connectivity index (χ1v) is 13.9. The summed E-state index contributed by atoms with van der Waals surface area (Å²) in [5.74, 6) is 0. The molecule has 0 saturated carbocycles. The SMILES string of the molecule is C=Cc1cccc2c1-c1c(C)n(-c3ccc4c5c(cccc35)-c3ccccc3-4)c3cccc(c13)-c1ccccc1-2. The first-order chi connectivity index (χ1) is 19.8. The number of fused-ring (bicyclic) bond motifs is 8. The van der Waals surface area contributed by atoms with Crippen LogP contribution in [0.25, 0.3) is 89.1 Å². The van der Waals surface area contributed by atoms with Crippen LogP contribution in [0.15, 0.2) is 122 Å². The van der Waals surface area contributed by atoms with Crippen molar-refractivity contribution in [1.82, 2.24) is 4.57 Å². The zero-order valence-corrected chi connectivity index (χ0v) is 22.2. The summed E-state index contributed by atoms with van der Waals surface area (Å²) in [4.78, 5) is 0. The summed E-state index contributed by atoms with van der Waals surface area (Å²) < 4.78 is 2.50. The van der Waals surface area contributed by atoms with E-state index in [1.54, 1.807) is 0 Å². The average Bonchev–Trinajstić information content (AvgIpc) is 3.44. The molecule has 9 rings (SSSR count). The minimum Gasteiger partial charge on any atom is -0.313 e. The highest BCUT2D eigenvalue weighted by atomic mass is 15.0. The lowest BCUT2D eigenvalue weighted by Gasteiger charge is -2.17. The van der Waals surface area contributed by atoms with E-state index in [4.69, 9.17) is 0 Å². The Morgan fingerprint density at radius 1 is 0.500 bits per heavy atom. The number of hydrogen-bond donors (Lipinski definition) is 0. The minimum absolute atomic E-state index is 1.17. The van der Waals surface area contributed by atoms with E-state index in [0.717, 1.165) is 0 Å². The smallest absolute Gasteiger partial charge is 0.0544 e. The van der Waals surface area contributed by atoms with Crippen LogP contribution in [0.3, 0.4) is 0 Å². The minimum atomic E-state index is 1.17. The van der Waals surface area contributed by atoms with Gasteiger partial charge < -0.3 is 4.57 Å². The lowest BCUT2D eigenvalue weighted by atomic mass is 9.90. The van der Waals surface area contributed by atoms with Gasteiger partial charge in [-0.3, -0.25) is 0 Å². The van der Waals surface area contributed by atoms with Gasteiger partial charge in [0.15, 0.2) is 0 Å². The molecule has 0 N–H and O–H groups in total. The molecule has 2 aliphatic rings. The fourth-order valence-electron chi connectivity index (χ4n) is 7.49. The number of aromatic nitrogens is 1. The van der Waals surface area contributed by atoms with E-state index in [1.807, 2.05) is 6.08 Å². The molecule has 2 aliphatic carbocycles. The summed E-state index contributed by atoms with van der Waals surface area (Å²) in [7, 11) is 0. The van der Waals surface area contributed by atoms with Crippen molar-refractivity contribution in [2.75, 3.05) is 0 Å². The lowest BCUT2D eigenvalue weighted by Crippen LogP contribution is -1.99. The number of benzene rings is 6. The van der Waals surface area contributed by atoms with Crippen LogP contribution < -0.4 is 0 Å². The van der Waals surface area contributed by atoms with Crippen molar-refractivity contribution in [3.63, 3.8) is 0 Å². The predicted molar refractivity (Wildman–Crippen MR) is 170 cm³/mol. The predicted octanol–water partition coefficient (Wildman–Crippen LogP) is 10.7. The van der Waals surface area contributed by atoms with Crippen molar-refractivity contribution in [1.29, 1.82) is 0 Å². The molecule has 0 atom stereocenters. The third kappa shape index (κ3) is 2.57. The molecule has 0 unspecified atom stereocenters. The molecule has 1 heterocycles. The molecule has 186 valence electrons. The zero-order valence-electron chi connectivity index (χ0n) is 22.2. The highest BCUT2D eigenvalue weighted by molar-refractivity contribution is 6.19. The summed E-state index contributed by atoms with van der Waals surface area (Å²) in [6.45, 7) is 6.51.